The van der Waals surface area contributed by atoms with Crippen LogP contribution in [0.4, 0.5) is 18.9 Å². The Morgan fingerprint density at radius 2 is 1.69 bits per heavy atom. The minimum Gasteiger partial charge on any atom is -0.392 e. The second-order valence-electron chi connectivity index (χ2n) is 11.3. The van der Waals surface area contributed by atoms with Crippen LogP contribution < -0.4 is 5.32 Å². The Labute approximate surface area is 242 Å². The van der Waals surface area contributed by atoms with Gasteiger partial charge in [-0.05, 0) is 42.5 Å². The number of anilines is 1. The average Bonchev–Trinajstić information content (AvgIpc) is 3.63. The molecular formula is C30H36F3N3O6. The van der Waals surface area contributed by atoms with Gasteiger partial charge < -0.3 is 29.9 Å². The number of rotatable bonds is 7. The summed E-state index contributed by atoms with van der Waals surface area (Å²) in [7, 11) is 0. The monoisotopic (exact) mass is 591 g/mol. The number of nitrogens with one attached hydrogen (secondary N) is 1. The molecule has 0 saturated carbocycles. The first-order valence-electron chi connectivity index (χ1n) is 14.2. The number of hydrogen-bond acceptors (Lipinski definition) is 7. The van der Waals surface area contributed by atoms with E-state index in [1.54, 1.807) is 24.3 Å². The molecule has 3 fully saturated rings. The van der Waals surface area contributed by atoms with Crippen LogP contribution in [0.5, 0.6) is 0 Å². The van der Waals surface area contributed by atoms with Crippen LogP contribution in [-0.4, -0.2) is 82.4 Å². The lowest BCUT2D eigenvalue weighted by molar-refractivity contribution is -0.276. The van der Waals surface area contributed by atoms with E-state index in [9.17, 15) is 33.0 Å². The van der Waals surface area contributed by atoms with Crippen molar-refractivity contribution in [2.75, 3.05) is 31.5 Å². The van der Waals surface area contributed by atoms with Crippen molar-refractivity contribution in [3.63, 3.8) is 0 Å². The standard InChI is InChI=1S/C30H36F3N3O6/c1-18-25(16-35-14-12-23(38)15-35)41-28(42-26(18)20-6-4-19(17-37)5-7-20)21-8-10-22(11-9-21)34-27(39)24-3-2-13-36(24)29(40)30(31,32)33/h4-11,18,23-26,28,37-38H,2-3,12-17H2,1H3,(H,34,39). The number of aliphatic hydroxyl groups excluding tert-OH is 2. The van der Waals surface area contributed by atoms with Crippen molar-refractivity contribution in [1.29, 1.82) is 0 Å². The summed E-state index contributed by atoms with van der Waals surface area (Å²) in [6, 6.07) is 13.1. The Hall–Kier alpha value is -3.03. The lowest BCUT2D eigenvalue weighted by atomic mass is 9.90. The molecule has 0 spiro atoms. The number of hydrogen-bond donors (Lipinski definition) is 3. The quantitative estimate of drug-likeness (QED) is 0.452. The molecule has 3 N–H and O–H groups in total. The van der Waals surface area contributed by atoms with Gasteiger partial charge in [0.2, 0.25) is 5.91 Å². The average molecular weight is 592 g/mol. The molecule has 3 saturated heterocycles. The first-order chi connectivity index (χ1) is 20.0. The van der Waals surface area contributed by atoms with E-state index in [0.29, 0.717) is 42.1 Å². The maximum atomic E-state index is 13.0. The minimum absolute atomic E-state index is 0.0219. The second-order valence-corrected chi connectivity index (χ2v) is 11.3. The number of ether oxygens (including phenoxy) is 2. The molecule has 0 bridgehead atoms. The van der Waals surface area contributed by atoms with Gasteiger partial charge in [0.15, 0.2) is 6.29 Å². The Balaban J connectivity index is 1.30. The molecular weight excluding hydrogens is 555 g/mol. The van der Waals surface area contributed by atoms with Gasteiger partial charge in [0.1, 0.15) is 6.04 Å². The zero-order valence-electron chi connectivity index (χ0n) is 23.3. The normalized spacial score (nSPS) is 28.7. The first kappa shape index (κ1) is 30.4. The van der Waals surface area contributed by atoms with Crippen molar-refractivity contribution in [1.82, 2.24) is 9.80 Å². The van der Waals surface area contributed by atoms with Crippen molar-refractivity contribution < 1.29 is 42.4 Å². The number of amides is 2. The van der Waals surface area contributed by atoms with Gasteiger partial charge in [-0.3, -0.25) is 14.5 Å². The molecule has 12 heteroatoms. The largest absolute Gasteiger partial charge is 0.471 e. The van der Waals surface area contributed by atoms with Crippen LogP contribution in [0.15, 0.2) is 48.5 Å². The number of benzene rings is 2. The number of carbonyl (C=O) groups excluding carboxylic acids is 2. The third kappa shape index (κ3) is 6.78. The Kier molecular flexibility index (Phi) is 9.19. The smallest absolute Gasteiger partial charge is 0.392 e. The molecule has 0 aliphatic carbocycles. The zero-order valence-corrected chi connectivity index (χ0v) is 23.3. The van der Waals surface area contributed by atoms with Gasteiger partial charge in [0, 0.05) is 43.3 Å². The summed E-state index contributed by atoms with van der Waals surface area (Å²) < 4.78 is 51.8. The summed E-state index contributed by atoms with van der Waals surface area (Å²) in [5.74, 6) is -2.70. The molecule has 3 aliphatic rings. The van der Waals surface area contributed by atoms with Crippen LogP contribution in [0.2, 0.25) is 0 Å². The van der Waals surface area contributed by atoms with E-state index in [4.69, 9.17) is 9.47 Å². The van der Waals surface area contributed by atoms with Crippen molar-refractivity contribution >= 4 is 17.5 Å². The van der Waals surface area contributed by atoms with Crippen molar-refractivity contribution in [2.24, 2.45) is 5.92 Å². The lowest BCUT2D eigenvalue weighted by Crippen LogP contribution is -2.48. The highest BCUT2D eigenvalue weighted by Crippen LogP contribution is 2.42. The molecule has 2 amide bonds. The molecule has 9 nitrogen and oxygen atoms in total. The highest BCUT2D eigenvalue weighted by Gasteiger charge is 2.47. The van der Waals surface area contributed by atoms with Crippen molar-refractivity contribution in [3.05, 3.63) is 65.2 Å². The van der Waals surface area contributed by atoms with E-state index in [1.807, 2.05) is 24.3 Å². The first-order valence-corrected chi connectivity index (χ1v) is 14.2. The van der Waals surface area contributed by atoms with E-state index in [1.165, 1.54) is 0 Å². The molecule has 0 aromatic heterocycles. The Bertz CT molecular complexity index is 1240. The zero-order chi connectivity index (χ0) is 30.0. The van der Waals surface area contributed by atoms with Crippen LogP contribution in [0.3, 0.4) is 0 Å². The highest BCUT2D eigenvalue weighted by molar-refractivity contribution is 5.98. The number of alkyl halides is 3. The SMILES string of the molecule is CC1C(CN2CCC(O)C2)OC(c2ccc(NC(=O)C3CCCN3C(=O)C(F)(F)F)cc2)OC1c1ccc(CO)cc1. The summed E-state index contributed by atoms with van der Waals surface area (Å²) in [6.45, 7) is 3.85. The van der Waals surface area contributed by atoms with Gasteiger partial charge in [-0.25, -0.2) is 0 Å². The number of likely N-dealkylation sites (tertiary alicyclic amines) is 2. The number of β-amino-alcohol motifs (C(OH)–C–C–N with tert-alkyl or cyclic N) is 1. The van der Waals surface area contributed by atoms with Crippen LogP contribution in [-0.2, 0) is 25.7 Å². The van der Waals surface area contributed by atoms with Gasteiger partial charge in [-0.2, -0.15) is 13.2 Å². The van der Waals surface area contributed by atoms with Gasteiger partial charge in [0.05, 0.1) is 24.9 Å². The predicted octanol–water partition coefficient (Wildman–Crippen LogP) is 3.53. The molecule has 0 radical (unpaired) electrons. The summed E-state index contributed by atoms with van der Waals surface area (Å²) in [6.07, 6.45) is -5.47. The van der Waals surface area contributed by atoms with Crippen LogP contribution in [0.1, 0.15) is 55.3 Å². The number of aliphatic hydroxyl groups is 2. The summed E-state index contributed by atoms with van der Waals surface area (Å²) in [5, 5.41) is 22.1. The van der Waals surface area contributed by atoms with Crippen LogP contribution >= 0.6 is 0 Å². The molecule has 2 aromatic rings. The molecule has 42 heavy (non-hydrogen) atoms. The maximum absolute atomic E-state index is 13.0. The summed E-state index contributed by atoms with van der Waals surface area (Å²) in [4.78, 5) is 27.3. The predicted molar refractivity (Wildman–Crippen MR) is 146 cm³/mol. The second kappa shape index (κ2) is 12.7. The molecule has 6 unspecified atom stereocenters. The summed E-state index contributed by atoms with van der Waals surface area (Å²) in [5.41, 5.74) is 2.80. The fourth-order valence-electron chi connectivity index (χ4n) is 5.95. The number of halogens is 3. The Morgan fingerprint density at radius 1 is 1.00 bits per heavy atom. The van der Waals surface area contributed by atoms with Gasteiger partial charge in [-0.1, -0.05) is 43.3 Å². The van der Waals surface area contributed by atoms with Crippen molar-refractivity contribution in [3.8, 4) is 0 Å². The Morgan fingerprint density at radius 3 is 2.31 bits per heavy atom. The lowest BCUT2D eigenvalue weighted by Gasteiger charge is -2.42. The number of nitrogens with zero attached hydrogens (tertiary/aromatic N) is 2. The minimum atomic E-state index is -5.03. The van der Waals surface area contributed by atoms with Crippen LogP contribution in [0, 0.1) is 5.92 Å². The molecule has 3 aliphatic heterocycles. The third-order valence-corrected chi connectivity index (χ3v) is 8.32. The van der Waals surface area contributed by atoms with Gasteiger partial charge in [0.25, 0.3) is 0 Å². The summed E-state index contributed by atoms with van der Waals surface area (Å²) >= 11 is 0. The third-order valence-electron chi connectivity index (χ3n) is 8.32. The fourth-order valence-corrected chi connectivity index (χ4v) is 5.95. The van der Waals surface area contributed by atoms with E-state index < -0.39 is 30.3 Å². The fraction of sp³-hybridized carbons (Fsp3) is 0.533. The van der Waals surface area contributed by atoms with Crippen molar-refractivity contribution in [2.45, 2.75) is 69.6 Å². The van der Waals surface area contributed by atoms with E-state index in [0.717, 1.165) is 17.7 Å². The topological polar surface area (TPSA) is 112 Å². The van der Waals surface area contributed by atoms with Gasteiger partial charge in [-0.15, -0.1) is 0 Å². The van der Waals surface area contributed by atoms with E-state index in [-0.39, 0.29) is 43.8 Å². The number of carbonyl (C=O) groups is 2. The van der Waals surface area contributed by atoms with Gasteiger partial charge >= 0.3 is 12.1 Å². The molecule has 228 valence electrons. The molecule has 2 aromatic carbocycles. The molecule has 6 atom stereocenters. The molecule has 5 rings (SSSR count). The van der Waals surface area contributed by atoms with E-state index >= 15 is 0 Å². The highest BCUT2D eigenvalue weighted by atomic mass is 19.4. The van der Waals surface area contributed by atoms with Crippen LogP contribution in [0.25, 0.3) is 0 Å². The molecule has 3 heterocycles. The van der Waals surface area contributed by atoms with E-state index in [2.05, 4.69) is 17.1 Å². The maximum Gasteiger partial charge on any atom is 0.471 e.